The zero-order valence-electron chi connectivity index (χ0n) is 10.3. The number of para-hydroxylation sites is 1. The molecule has 0 bridgehead atoms. The maximum atomic E-state index is 6.34. The number of aryl methyl sites for hydroxylation is 2. The fourth-order valence-corrected chi connectivity index (χ4v) is 2.80. The van der Waals surface area contributed by atoms with Gasteiger partial charge in [0.05, 0.1) is 5.52 Å². The van der Waals surface area contributed by atoms with Crippen LogP contribution in [0.1, 0.15) is 36.1 Å². The molecule has 2 heteroatoms. The van der Waals surface area contributed by atoms with Gasteiger partial charge in [0.1, 0.15) is 0 Å². The Morgan fingerprint density at radius 1 is 1.12 bits per heavy atom. The van der Waals surface area contributed by atoms with E-state index in [1.54, 1.807) is 0 Å². The van der Waals surface area contributed by atoms with Gasteiger partial charge in [-0.1, -0.05) is 24.6 Å². The Kier molecular flexibility index (Phi) is 2.50. The smallest absolute Gasteiger partial charge is 0.0755 e. The maximum absolute atomic E-state index is 6.34. The van der Waals surface area contributed by atoms with Crippen LogP contribution in [-0.2, 0) is 12.8 Å². The molecule has 3 rings (SSSR count). The lowest BCUT2D eigenvalue weighted by Crippen LogP contribution is -2.03. The molecule has 2 aromatic rings. The third-order valence-electron chi connectivity index (χ3n) is 3.79. The van der Waals surface area contributed by atoms with Crippen LogP contribution in [0.2, 0.25) is 0 Å². The molecule has 17 heavy (non-hydrogen) atoms. The molecule has 1 aromatic heterocycles. The first-order valence-corrected chi connectivity index (χ1v) is 6.44. The van der Waals surface area contributed by atoms with Gasteiger partial charge in [-0.05, 0) is 43.7 Å². The Labute approximate surface area is 102 Å². The Morgan fingerprint density at radius 2 is 1.94 bits per heavy atom. The van der Waals surface area contributed by atoms with Crippen molar-refractivity contribution >= 4 is 16.6 Å². The Morgan fingerprint density at radius 3 is 2.82 bits per heavy atom. The monoisotopic (exact) mass is 226 g/mol. The molecule has 0 fully saturated rings. The van der Waals surface area contributed by atoms with Crippen molar-refractivity contribution in [3.8, 4) is 0 Å². The topological polar surface area (TPSA) is 38.9 Å². The number of hydrogen-bond acceptors (Lipinski definition) is 2. The average molecular weight is 226 g/mol. The second-order valence-electron chi connectivity index (χ2n) is 4.98. The summed E-state index contributed by atoms with van der Waals surface area (Å²) in [6.07, 6.45) is 5.97. The predicted octanol–water partition coefficient (Wildman–Crippen LogP) is 3.39. The lowest BCUT2D eigenvalue weighted by molar-refractivity contribution is 0.709. The number of anilines is 1. The van der Waals surface area contributed by atoms with Gasteiger partial charge >= 0.3 is 0 Å². The fraction of sp³-hybridized carbons (Fsp3) is 0.400. The molecule has 1 aromatic carbocycles. The highest BCUT2D eigenvalue weighted by atomic mass is 14.7. The highest BCUT2D eigenvalue weighted by Gasteiger charge is 2.15. The van der Waals surface area contributed by atoms with Gasteiger partial charge in [0, 0.05) is 16.8 Å². The number of pyridine rings is 1. The number of benzene rings is 1. The zero-order chi connectivity index (χ0) is 11.8. The van der Waals surface area contributed by atoms with Gasteiger partial charge in [0.2, 0.25) is 0 Å². The molecule has 2 nitrogen and oxygen atoms in total. The molecule has 1 aliphatic rings. The van der Waals surface area contributed by atoms with Crippen LogP contribution in [0.5, 0.6) is 0 Å². The van der Waals surface area contributed by atoms with Crippen LogP contribution in [0.15, 0.2) is 18.2 Å². The van der Waals surface area contributed by atoms with Crippen molar-refractivity contribution in [2.75, 3.05) is 5.73 Å². The largest absolute Gasteiger partial charge is 0.398 e. The zero-order valence-corrected chi connectivity index (χ0v) is 10.3. The van der Waals surface area contributed by atoms with E-state index in [2.05, 4.69) is 25.1 Å². The van der Waals surface area contributed by atoms with E-state index in [-0.39, 0.29) is 0 Å². The quantitative estimate of drug-likeness (QED) is 0.699. The van der Waals surface area contributed by atoms with E-state index >= 15 is 0 Å². The third-order valence-corrected chi connectivity index (χ3v) is 3.79. The van der Waals surface area contributed by atoms with Gasteiger partial charge in [-0.2, -0.15) is 0 Å². The second kappa shape index (κ2) is 4.02. The maximum Gasteiger partial charge on any atom is 0.0755 e. The molecular weight excluding hydrogens is 208 g/mol. The number of nitrogens with two attached hydrogens (primary N) is 1. The minimum absolute atomic E-state index is 0.968. The van der Waals surface area contributed by atoms with E-state index < -0.39 is 0 Å². The Bertz CT molecular complexity index is 573. The Balaban J connectivity index is 2.33. The summed E-state index contributed by atoms with van der Waals surface area (Å²) in [5, 5.41) is 1.13. The first-order valence-electron chi connectivity index (χ1n) is 6.44. The van der Waals surface area contributed by atoms with Crippen molar-refractivity contribution in [2.24, 2.45) is 0 Å². The van der Waals surface area contributed by atoms with Crippen molar-refractivity contribution in [1.82, 2.24) is 4.98 Å². The van der Waals surface area contributed by atoms with Crippen LogP contribution in [0, 0.1) is 6.92 Å². The molecule has 0 radical (unpaired) electrons. The molecule has 0 spiro atoms. The van der Waals surface area contributed by atoms with Crippen LogP contribution >= 0.6 is 0 Å². The summed E-state index contributed by atoms with van der Waals surface area (Å²) < 4.78 is 0. The summed E-state index contributed by atoms with van der Waals surface area (Å²) in [6.45, 7) is 2.11. The van der Waals surface area contributed by atoms with E-state index in [1.807, 2.05) is 0 Å². The van der Waals surface area contributed by atoms with E-state index in [4.69, 9.17) is 10.7 Å². The highest BCUT2D eigenvalue weighted by molar-refractivity contribution is 5.94. The first-order chi connectivity index (χ1) is 8.27. The molecule has 1 aliphatic carbocycles. The normalized spacial score (nSPS) is 15.6. The summed E-state index contributed by atoms with van der Waals surface area (Å²) in [6, 6.07) is 6.27. The van der Waals surface area contributed by atoms with Crippen LogP contribution in [0.3, 0.4) is 0 Å². The molecule has 0 saturated carbocycles. The number of hydrogen-bond donors (Lipinski definition) is 1. The summed E-state index contributed by atoms with van der Waals surface area (Å²) >= 11 is 0. The van der Waals surface area contributed by atoms with Crippen LogP contribution in [0.4, 0.5) is 5.69 Å². The average Bonchev–Trinajstić information content (AvgIpc) is 2.56. The molecule has 0 saturated heterocycles. The van der Waals surface area contributed by atoms with Crippen LogP contribution < -0.4 is 5.73 Å². The van der Waals surface area contributed by atoms with Crippen molar-refractivity contribution in [3.05, 3.63) is 35.0 Å². The number of rotatable bonds is 0. The molecule has 88 valence electrons. The van der Waals surface area contributed by atoms with Gasteiger partial charge in [-0.3, -0.25) is 4.98 Å². The van der Waals surface area contributed by atoms with Crippen LogP contribution in [-0.4, -0.2) is 4.98 Å². The Hall–Kier alpha value is -1.57. The molecule has 2 N–H and O–H groups in total. The SMILES string of the molecule is Cc1cccc2c(N)c3c(nc12)CCCCC3. The minimum atomic E-state index is 0.968. The number of nitrogens with zero attached hydrogens (tertiary/aromatic N) is 1. The number of nitrogen functional groups attached to an aromatic ring is 1. The fourth-order valence-electron chi connectivity index (χ4n) is 2.80. The molecular formula is C15H18N2. The van der Waals surface area contributed by atoms with Gasteiger partial charge in [0.15, 0.2) is 0 Å². The van der Waals surface area contributed by atoms with Gasteiger partial charge in [0.25, 0.3) is 0 Å². The van der Waals surface area contributed by atoms with E-state index in [1.165, 1.54) is 36.1 Å². The van der Waals surface area contributed by atoms with Crippen molar-refractivity contribution in [3.63, 3.8) is 0 Å². The number of fused-ring (bicyclic) bond motifs is 2. The summed E-state index contributed by atoms with van der Waals surface area (Å²) in [5.41, 5.74) is 12.2. The van der Waals surface area contributed by atoms with Crippen LogP contribution in [0.25, 0.3) is 10.9 Å². The number of aromatic nitrogens is 1. The molecule has 0 aliphatic heterocycles. The first kappa shape index (κ1) is 10.6. The third kappa shape index (κ3) is 1.68. The van der Waals surface area contributed by atoms with Gasteiger partial charge in [-0.15, -0.1) is 0 Å². The van der Waals surface area contributed by atoms with Crippen molar-refractivity contribution < 1.29 is 0 Å². The summed E-state index contributed by atoms with van der Waals surface area (Å²) in [4.78, 5) is 4.86. The second-order valence-corrected chi connectivity index (χ2v) is 4.98. The van der Waals surface area contributed by atoms with E-state index in [9.17, 15) is 0 Å². The van der Waals surface area contributed by atoms with E-state index in [0.717, 1.165) is 29.4 Å². The van der Waals surface area contributed by atoms with Crippen molar-refractivity contribution in [1.29, 1.82) is 0 Å². The minimum Gasteiger partial charge on any atom is -0.398 e. The summed E-state index contributed by atoms with van der Waals surface area (Å²) in [7, 11) is 0. The molecule has 0 unspecified atom stereocenters. The van der Waals surface area contributed by atoms with E-state index in [0.29, 0.717) is 0 Å². The van der Waals surface area contributed by atoms with Gasteiger partial charge < -0.3 is 5.73 Å². The molecule has 1 heterocycles. The van der Waals surface area contributed by atoms with Crippen molar-refractivity contribution in [2.45, 2.75) is 39.0 Å². The molecule has 0 amide bonds. The predicted molar refractivity (Wildman–Crippen MR) is 72.2 cm³/mol. The summed E-state index contributed by atoms with van der Waals surface area (Å²) in [5.74, 6) is 0. The highest BCUT2D eigenvalue weighted by Crippen LogP contribution is 2.31. The lowest BCUT2D eigenvalue weighted by Gasteiger charge is -2.13. The standard InChI is InChI=1S/C15H18N2/c1-10-6-5-8-12-14(16)11-7-3-2-4-9-13(11)17-15(10)12/h5-6,8H,2-4,7,9H2,1H3,(H2,16,17). The molecule has 0 atom stereocenters. The van der Waals surface area contributed by atoms with Gasteiger partial charge in [-0.25, -0.2) is 0 Å². The lowest BCUT2D eigenvalue weighted by atomic mass is 10.0.